The molecular weight excluding hydrogens is 506 g/mol. The maximum Gasteiger partial charge on any atom is 0.220 e. The number of ketones is 1. The van der Waals surface area contributed by atoms with Crippen molar-refractivity contribution in [1.82, 2.24) is 10.3 Å². The Hall–Kier alpha value is -4.14. The number of rotatable bonds is 15. The van der Waals surface area contributed by atoms with E-state index in [0.717, 1.165) is 39.8 Å². The number of hydrogen-bond acceptors (Lipinski definition) is 6. The molecule has 0 bridgehead atoms. The monoisotopic (exact) mass is 543 g/mol. The van der Waals surface area contributed by atoms with Crippen LogP contribution in [0.2, 0.25) is 0 Å². The van der Waals surface area contributed by atoms with Crippen LogP contribution in [0.15, 0.2) is 79.0 Å². The molecule has 4 N–H and O–H groups in total. The van der Waals surface area contributed by atoms with Crippen molar-refractivity contribution in [2.24, 2.45) is 11.7 Å². The lowest BCUT2D eigenvalue weighted by molar-refractivity contribution is -0.126. The second kappa shape index (κ2) is 14.3. The predicted octanol–water partition coefficient (Wildman–Crippen LogP) is 4.38. The van der Waals surface area contributed by atoms with Gasteiger partial charge in [-0.1, -0.05) is 48.5 Å². The van der Waals surface area contributed by atoms with Crippen LogP contribution >= 0.6 is 0 Å². The second-order valence-corrected chi connectivity index (χ2v) is 9.68. The number of amides is 1. The lowest BCUT2D eigenvalue weighted by Gasteiger charge is -2.23. The summed E-state index contributed by atoms with van der Waals surface area (Å²) in [6, 6.07) is 22.4. The summed E-state index contributed by atoms with van der Waals surface area (Å²) in [5.74, 6) is 0.299. The van der Waals surface area contributed by atoms with Crippen LogP contribution in [0.3, 0.4) is 0 Å². The number of methoxy groups -OCH3 is 2. The molecule has 4 aromatic rings. The molecule has 40 heavy (non-hydrogen) atoms. The van der Waals surface area contributed by atoms with E-state index in [1.165, 1.54) is 0 Å². The van der Waals surface area contributed by atoms with E-state index in [4.69, 9.17) is 19.9 Å². The molecule has 0 aliphatic rings. The third kappa shape index (κ3) is 7.49. The van der Waals surface area contributed by atoms with Crippen LogP contribution in [-0.4, -0.2) is 50.7 Å². The topological polar surface area (TPSA) is 116 Å². The zero-order valence-corrected chi connectivity index (χ0v) is 23.0. The quantitative estimate of drug-likeness (QED) is 0.205. The van der Waals surface area contributed by atoms with Gasteiger partial charge in [0.15, 0.2) is 5.78 Å². The van der Waals surface area contributed by atoms with Gasteiger partial charge in [-0.25, -0.2) is 0 Å². The van der Waals surface area contributed by atoms with Crippen LogP contribution in [0.25, 0.3) is 10.9 Å². The molecule has 1 aromatic heterocycles. The van der Waals surface area contributed by atoms with Gasteiger partial charge in [-0.15, -0.1) is 0 Å². The van der Waals surface area contributed by atoms with Crippen molar-refractivity contribution < 1.29 is 23.8 Å². The molecule has 8 heteroatoms. The number of fused-ring (bicyclic) bond motifs is 1. The van der Waals surface area contributed by atoms with E-state index in [1.807, 2.05) is 79.0 Å². The Morgan fingerprint density at radius 2 is 1.70 bits per heavy atom. The number of ether oxygens (including phenoxy) is 3. The summed E-state index contributed by atoms with van der Waals surface area (Å²) in [7, 11) is 3.28. The number of H-pyrrole nitrogens is 1. The normalized spacial score (nSPS) is 12.6. The van der Waals surface area contributed by atoms with Gasteiger partial charge in [-0.3, -0.25) is 9.59 Å². The number of para-hydroxylation sites is 2. The summed E-state index contributed by atoms with van der Waals surface area (Å²) < 4.78 is 16.3. The number of carbonyl (C=O) groups is 2. The average Bonchev–Trinajstić information content (AvgIpc) is 3.43. The van der Waals surface area contributed by atoms with E-state index in [0.29, 0.717) is 18.8 Å². The fourth-order valence-corrected chi connectivity index (χ4v) is 4.73. The van der Waals surface area contributed by atoms with Crippen molar-refractivity contribution in [3.8, 4) is 11.5 Å². The van der Waals surface area contributed by atoms with Crippen LogP contribution in [0.4, 0.5) is 0 Å². The van der Waals surface area contributed by atoms with Gasteiger partial charge in [0.25, 0.3) is 0 Å². The lowest BCUT2D eigenvalue weighted by Crippen LogP contribution is -2.40. The Morgan fingerprint density at radius 1 is 0.950 bits per heavy atom. The molecule has 1 amide bonds. The first-order valence-electron chi connectivity index (χ1n) is 13.4. The Kier molecular flexibility index (Phi) is 10.3. The number of aromatic amines is 1. The molecule has 8 nitrogen and oxygen atoms in total. The van der Waals surface area contributed by atoms with E-state index < -0.39 is 12.0 Å². The van der Waals surface area contributed by atoms with E-state index in [1.54, 1.807) is 14.2 Å². The molecule has 0 saturated carbocycles. The first-order chi connectivity index (χ1) is 19.5. The van der Waals surface area contributed by atoms with Crippen molar-refractivity contribution in [2.45, 2.75) is 25.3 Å². The largest absolute Gasteiger partial charge is 0.496 e. The van der Waals surface area contributed by atoms with Gasteiger partial charge in [-0.05, 0) is 53.8 Å². The van der Waals surface area contributed by atoms with Crippen molar-refractivity contribution >= 4 is 22.6 Å². The summed E-state index contributed by atoms with van der Waals surface area (Å²) in [4.78, 5) is 29.5. The number of nitrogens with one attached hydrogen (secondary N) is 2. The van der Waals surface area contributed by atoms with E-state index in [9.17, 15) is 9.59 Å². The maximum absolute atomic E-state index is 13.5. The third-order valence-electron chi connectivity index (χ3n) is 7.06. The van der Waals surface area contributed by atoms with Crippen LogP contribution in [0.1, 0.15) is 29.2 Å². The summed E-state index contributed by atoms with van der Waals surface area (Å²) in [6.45, 7) is 0.579. The van der Waals surface area contributed by atoms with Crippen LogP contribution in [-0.2, 0) is 27.2 Å². The molecule has 0 spiro atoms. The zero-order chi connectivity index (χ0) is 28.3. The molecule has 0 saturated heterocycles. The standard InChI is InChI=1S/C32H37N3O5/c1-38-18-17-22-11-14-24(15-12-22)40-21-29(36)27(32(33)26-19-34-28-9-5-4-8-25(26)28)20-35-31(37)16-13-23-7-3-6-10-30(23)39-2/h3-12,14-15,19,27,32,34H,13,16-18,20-21,33H2,1-2H3,(H,35,37). The van der Waals surface area contributed by atoms with E-state index in [-0.39, 0.29) is 31.3 Å². The van der Waals surface area contributed by atoms with Crippen LogP contribution in [0, 0.1) is 5.92 Å². The van der Waals surface area contributed by atoms with Crippen molar-refractivity contribution in [2.75, 3.05) is 34.0 Å². The molecule has 0 fully saturated rings. The molecule has 2 unspecified atom stereocenters. The second-order valence-electron chi connectivity index (χ2n) is 9.68. The number of aryl methyl sites for hydroxylation is 1. The van der Waals surface area contributed by atoms with Gasteiger partial charge in [-0.2, -0.15) is 0 Å². The Bertz CT molecular complexity index is 1400. The summed E-state index contributed by atoms with van der Waals surface area (Å²) in [5, 5.41) is 3.88. The zero-order valence-electron chi connectivity index (χ0n) is 23.0. The molecule has 3 aromatic carbocycles. The Balaban J connectivity index is 1.43. The van der Waals surface area contributed by atoms with Gasteiger partial charge in [0.1, 0.15) is 18.1 Å². The summed E-state index contributed by atoms with van der Waals surface area (Å²) in [6.07, 6.45) is 3.41. The van der Waals surface area contributed by atoms with Gasteiger partial charge in [0.05, 0.1) is 19.6 Å². The van der Waals surface area contributed by atoms with Crippen molar-refractivity contribution in [3.05, 3.63) is 95.7 Å². The first kappa shape index (κ1) is 28.9. The maximum atomic E-state index is 13.5. The number of hydrogen-bond donors (Lipinski definition) is 3. The van der Waals surface area contributed by atoms with E-state index in [2.05, 4.69) is 10.3 Å². The first-order valence-corrected chi connectivity index (χ1v) is 13.4. The average molecular weight is 544 g/mol. The van der Waals surface area contributed by atoms with Gasteiger partial charge in [0, 0.05) is 43.2 Å². The minimum Gasteiger partial charge on any atom is -0.496 e. The van der Waals surface area contributed by atoms with Gasteiger partial charge in [0.2, 0.25) is 5.91 Å². The smallest absolute Gasteiger partial charge is 0.220 e. The molecule has 0 radical (unpaired) electrons. The summed E-state index contributed by atoms with van der Waals surface area (Å²) in [5.41, 5.74) is 10.5. The highest BCUT2D eigenvalue weighted by molar-refractivity contribution is 5.88. The number of carbonyl (C=O) groups excluding carboxylic acids is 2. The van der Waals surface area contributed by atoms with Crippen LogP contribution in [0.5, 0.6) is 11.5 Å². The molecule has 4 rings (SSSR count). The minimum atomic E-state index is -0.685. The lowest BCUT2D eigenvalue weighted by atomic mass is 9.90. The van der Waals surface area contributed by atoms with Gasteiger partial charge >= 0.3 is 0 Å². The fraction of sp³-hybridized carbons (Fsp3) is 0.312. The minimum absolute atomic E-state index is 0.101. The van der Waals surface area contributed by atoms with Crippen molar-refractivity contribution in [1.29, 1.82) is 0 Å². The van der Waals surface area contributed by atoms with E-state index >= 15 is 0 Å². The highest BCUT2D eigenvalue weighted by atomic mass is 16.5. The summed E-state index contributed by atoms with van der Waals surface area (Å²) >= 11 is 0. The Morgan fingerprint density at radius 3 is 2.48 bits per heavy atom. The number of nitrogens with two attached hydrogens (primary N) is 1. The Labute approximate surface area is 234 Å². The third-order valence-corrected chi connectivity index (χ3v) is 7.06. The predicted molar refractivity (Wildman–Crippen MR) is 156 cm³/mol. The number of benzene rings is 3. The molecule has 0 aliphatic carbocycles. The molecule has 2 atom stereocenters. The SMILES string of the molecule is COCCc1ccc(OCC(=O)C(CNC(=O)CCc2ccccc2OC)C(N)c2c[nH]c3ccccc23)cc1. The fourth-order valence-electron chi connectivity index (χ4n) is 4.73. The molecular formula is C32H37N3O5. The molecule has 210 valence electrons. The van der Waals surface area contributed by atoms with Crippen LogP contribution < -0.4 is 20.5 Å². The molecule has 1 heterocycles. The number of Topliss-reactive ketones (excluding diaryl/α,β-unsaturated/α-hetero) is 1. The van der Waals surface area contributed by atoms with Crippen molar-refractivity contribution in [3.63, 3.8) is 0 Å². The van der Waals surface area contributed by atoms with Gasteiger partial charge < -0.3 is 30.2 Å². The molecule has 0 aliphatic heterocycles. The highest BCUT2D eigenvalue weighted by Crippen LogP contribution is 2.28. The number of aromatic nitrogens is 1. The highest BCUT2D eigenvalue weighted by Gasteiger charge is 2.29.